The van der Waals surface area contributed by atoms with Crippen molar-refractivity contribution in [2.75, 3.05) is 0 Å². The van der Waals surface area contributed by atoms with Crippen molar-refractivity contribution in [3.05, 3.63) is 74.3 Å². The van der Waals surface area contributed by atoms with Gasteiger partial charge in [-0.1, -0.05) is 12.1 Å². The first-order valence-electron chi connectivity index (χ1n) is 11.7. The van der Waals surface area contributed by atoms with E-state index in [2.05, 4.69) is 9.24 Å². The van der Waals surface area contributed by atoms with Gasteiger partial charge in [-0.3, -0.25) is 0 Å². The zero-order valence-electron chi connectivity index (χ0n) is 23.3. The molecular weight excluding hydrogens is 618 g/mol. The number of hydrogen-bond donors (Lipinski definition) is 0. The Labute approximate surface area is 244 Å². The van der Waals surface area contributed by atoms with Gasteiger partial charge in [-0.05, 0) is 130 Å². The lowest BCUT2D eigenvalue weighted by atomic mass is 9.95. The third-order valence-corrected chi connectivity index (χ3v) is 12.9. The average Bonchev–Trinajstić information content (AvgIpc) is 2.79. The molecule has 0 saturated heterocycles. The Hall–Kier alpha value is -1.48. The number of halogens is 2. The molecule has 6 nitrogen and oxygen atoms in total. The SMILES string of the molecule is Cc1c(C)c(C)c(S(=O)(=O)Cl)c(C)c1C.Cc1c(C)c(S(=O)(=O)Cl)c(C)c(S(=O)(=O)c2ccc(P)cc2)c1C. The summed E-state index contributed by atoms with van der Waals surface area (Å²) in [5.74, 6) is 0. The standard InChI is InChI=1S/C16H18ClO4PS2.C11H15ClO2S/c1-9-10(2)15(12(4)16(11(9)3)24(17,20)21)23(18,19)14-7-5-13(22)6-8-14;1-6-7(2)9(4)11(15(12,13)14)10(5)8(6)3/h5-8H,22H2,1-4H3;1-5H3. The predicted molar refractivity (Wildman–Crippen MR) is 163 cm³/mol. The van der Waals surface area contributed by atoms with Gasteiger partial charge in [0, 0.05) is 21.4 Å². The molecule has 1 unspecified atom stereocenters. The summed E-state index contributed by atoms with van der Waals surface area (Å²) in [6, 6.07) is 6.34. The molecule has 0 spiro atoms. The molecule has 3 aromatic carbocycles. The van der Waals surface area contributed by atoms with Crippen LogP contribution in [0.4, 0.5) is 0 Å². The summed E-state index contributed by atoms with van der Waals surface area (Å²) in [5.41, 5.74) is 6.39. The summed E-state index contributed by atoms with van der Waals surface area (Å²) >= 11 is 0. The normalized spacial score (nSPS) is 12.2. The topological polar surface area (TPSA) is 102 Å². The summed E-state index contributed by atoms with van der Waals surface area (Å²) in [7, 11) is 1.88. The van der Waals surface area contributed by atoms with Crippen molar-refractivity contribution in [1.29, 1.82) is 0 Å². The van der Waals surface area contributed by atoms with E-state index in [9.17, 15) is 25.3 Å². The van der Waals surface area contributed by atoms with E-state index < -0.39 is 27.9 Å². The summed E-state index contributed by atoms with van der Waals surface area (Å²) in [5, 5.41) is 0.853. The van der Waals surface area contributed by atoms with Gasteiger partial charge in [0.2, 0.25) is 9.84 Å². The first kappa shape index (κ1) is 33.7. The molecule has 0 aliphatic carbocycles. The Bertz CT molecular complexity index is 1770. The minimum atomic E-state index is -4.07. The van der Waals surface area contributed by atoms with Gasteiger partial charge in [0.1, 0.15) is 0 Å². The molecule has 0 aliphatic rings. The first-order valence-corrected chi connectivity index (χ1v) is 18.4. The van der Waals surface area contributed by atoms with Crippen LogP contribution in [0.25, 0.3) is 0 Å². The summed E-state index contributed by atoms with van der Waals surface area (Å²) in [6.45, 7) is 15.9. The zero-order chi connectivity index (χ0) is 30.4. The van der Waals surface area contributed by atoms with Gasteiger partial charge in [0.25, 0.3) is 18.1 Å². The van der Waals surface area contributed by atoms with E-state index in [1.54, 1.807) is 46.8 Å². The zero-order valence-corrected chi connectivity index (χ0v) is 28.4. The minimum Gasteiger partial charge on any atom is -0.218 e. The Kier molecular flexibility index (Phi) is 10.2. The van der Waals surface area contributed by atoms with Crippen LogP contribution in [-0.2, 0) is 27.9 Å². The average molecular weight is 652 g/mol. The van der Waals surface area contributed by atoms with Crippen molar-refractivity contribution in [3.63, 3.8) is 0 Å². The maximum atomic E-state index is 13.1. The highest BCUT2D eigenvalue weighted by molar-refractivity contribution is 8.14. The van der Waals surface area contributed by atoms with Crippen molar-refractivity contribution in [2.45, 2.75) is 81.9 Å². The van der Waals surface area contributed by atoms with E-state index >= 15 is 0 Å². The maximum absolute atomic E-state index is 13.1. The molecule has 0 N–H and O–H groups in total. The molecular formula is C27H33Cl2O6PS3. The molecule has 0 amide bonds. The molecule has 39 heavy (non-hydrogen) atoms. The van der Waals surface area contributed by atoms with Crippen LogP contribution in [0.1, 0.15) is 50.1 Å². The molecule has 0 heterocycles. The van der Waals surface area contributed by atoms with E-state index in [4.69, 9.17) is 21.4 Å². The molecule has 0 fully saturated rings. The van der Waals surface area contributed by atoms with Crippen LogP contribution in [0.2, 0.25) is 0 Å². The van der Waals surface area contributed by atoms with Gasteiger partial charge >= 0.3 is 0 Å². The van der Waals surface area contributed by atoms with Crippen LogP contribution < -0.4 is 5.30 Å². The molecule has 12 heteroatoms. The van der Waals surface area contributed by atoms with Crippen LogP contribution in [0.3, 0.4) is 0 Å². The smallest absolute Gasteiger partial charge is 0.218 e. The maximum Gasteiger partial charge on any atom is 0.261 e. The highest BCUT2D eigenvalue weighted by Gasteiger charge is 2.30. The monoisotopic (exact) mass is 650 g/mol. The fourth-order valence-corrected chi connectivity index (χ4v) is 10.1. The summed E-state index contributed by atoms with van der Waals surface area (Å²) in [6.07, 6.45) is 0. The molecule has 1 atom stereocenters. The van der Waals surface area contributed by atoms with Gasteiger partial charge in [0.05, 0.1) is 19.6 Å². The summed E-state index contributed by atoms with van der Waals surface area (Å²) < 4.78 is 73.0. The van der Waals surface area contributed by atoms with Crippen LogP contribution >= 0.6 is 30.6 Å². The quantitative estimate of drug-likeness (QED) is 0.241. The second-order valence-corrected chi connectivity index (χ2v) is 17.1. The second-order valence-electron chi connectivity index (χ2n) is 9.56. The fraction of sp³-hybridized carbons (Fsp3) is 0.333. The number of hydrogen-bond acceptors (Lipinski definition) is 6. The third kappa shape index (κ3) is 6.71. The first-order chi connectivity index (χ1) is 17.6. The Morgan fingerprint density at radius 1 is 0.462 bits per heavy atom. The van der Waals surface area contributed by atoms with Gasteiger partial charge < -0.3 is 0 Å². The van der Waals surface area contributed by atoms with E-state index in [1.807, 2.05) is 20.8 Å². The molecule has 0 aromatic heterocycles. The van der Waals surface area contributed by atoms with Crippen molar-refractivity contribution < 1.29 is 25.3 Å². The van der Waals surface area contributed by atoms with Gasteiger partial charge in [0.15, 0.2) is 0 Å². The molecule has 3 aromatic rings. The Morgan fingerprint density at radius 3 is 1.10 bits per heavy atom. The van der Waals surface area contributed by atoms with Gasteiger partial charge in [-0.25, -0.2) is 25.3 Å². The highest BCUT2D eigenvalue weighted by Crippen LogP contribution is 2.37. The third-order valence-electron chi connectivity index (χ3n) is 7.37. The van der Waals surface area contributed by atoms with E-state index in [0.717, 1.165) is 33.1 Å². The van der Waals surface area contributed by atoms with Crippen molar-refractivity contribution in [3.8, 4) is 0 Å². The molecule has 0 saturated carbocycles. The molecule has 0 bridgehead atoms. The van der Waals surface area contributed by atoms with Crippen LogP contribution in [0, 0.1) is 62.3 Å². The Balaban J connectivity index is 0.000000306. The molecule has 0 radical (unpaired) electrons. The minimum absolute atomic E-state index is 0.00123. The Morgan fingerprint density at radius 2 is 0.744 bits per heavy atom. The van der Waals surface area contributed by atoms with E-state index in [1.165, 1.54) is 19.1 Å². The van der Waals surface area contributed by atoms with Gasteiger partial charge in [-0.15, -0.1) is 9.24 Å². The van der Waals surface area contributed by atoms with Crippen LogP contribution in [0.15, 0.2) is 43.8 Å². The second kappa shape index (κ2) is 11.8. The molecule has 214 valence electrons. The molecule has 3 rings (SSSR count). The number of rotatable bonds is 4. The highest BCUT2D eigenvalue weighted by atomic mass is 35.7. The lowest BCUT2D eigenvalue weighted by Crippen LogP contribution is -2.13. The van der Waals surface area contributed by atoms with Gasteiger partial charge in [-0.2, -0.15) is 0 Å². The predicted octanol–water partition coefficient (Wildman–Crippen LogP) is 6.34. The van der Waals surface area contributed by atoms with Crippen LogP contribution in [0.5, 0.6) is 0 Å². The van der Waals surface area contributed by atoms with Crippen molar-refractivity contribution >= 4 is 63.8 Å². The fourth-order valence-electron chi connectivity index (χ4n) is 4.65. The summed E-state index contributed by atoms with van der Waals surface area (Å²) in [4.78, 5) is 0.251. The van der Waals surface area contributed by atoms with E-state index in [-0.39, 0.29) is 25.1 Å². The molecule has 0 aliphatic heterocycles. The largest absolute Gasteiger partial charge is 0.261 e. The lowest BCUT2D eigenvalue weighted by Gasteiger charge is -2.19. The van der Waals surface area contributed by atoms with Crippen molar-refractivity contribution in [2.24, 2.45) is 0 Å². The van der Waals surface area contributed by atoms with Crippen molar-refractivity contribution in [1.82, 2.24) is 0 Å². The number of benzene rings is 3. The number of sulfone groups is 1. The van der Waals surface area contributed by atoms with E-state index in [0.29, 0.717) is 16.7 Å². The lowest BCUT2D eigenvalue weighted by molar-refractivity contribution is 0.593. The van der Waals surface area contributed by atoms with Crippen LogP contribution in [-0.4, -0.2) is 25.3 Å².